The van der Waals surface area contributed by atoms with E-state index in [9.17, 15) is 4.79 Å². The summed E-state index contributed by atoms with van der Waals surface area (Å²) in [7, 11) is 0. The summed E-state index contributed by atoms with van der Waals surface area (Å²) in [4.78, 5) is 10.8. The summed E-state index contributed by atoms with van der Waals surface area (Å²) < 4.78 is 6.32. The third-order valence-electron chi connectivity index (χ3n) is 2.43. The molecular weight excluding hydrogens is 343 g/mol. The van der Waals surface area contributed by atoms with Crippen LogP contribution in [0.3, 0.4) is 0 Å². The standard InChI is InChI=1S/C13H13IN2O2/c14-12-6-5-11(18-12)8-16-10-3-1-9(2-4-10)7-13(15)17/h1-6,16H,7-8H2,(H2,15,17). The molecule has 3 N–H and O–H groups in total. The smallest absolute Gasteiger partial charge is 0.221 e. The van der Waals surface area contributed by atoms with Crippen molar-refractivity contribution in [3.05, 3.63) is 51.5 Å². The molecule has 2 aromatic rings. The predicted molar refractivity (Wildman–Crippen MR) is 78.1 cm³/mol. The van der Waals surface area contributed by atoms with Crippen LogP contribution < -0.4 is 11.1 Å². The van der Waals surface area contributed by atoms with Gasteiger partial charge >= 0.3 is 0 Å². The van der Waals surface area contributed by atoms with Crippen molar-refractivity contribution in [1.82, 2.24) is 0 Å². The zero-order valence-electron chi connectivity index (χ0n) is 9.65. The van der Waals surface area contributed by atoms with Crippen LogP contribution in [0.15, 0.2) is 40.8 Å². The molecule has 94 valence electrons. The van der Waals surface area contributed by atoms with Gasteiger partial charge in [0, 0.05) is 5.69 Å². The molecule has 5 heteroatoms. The lowest BCUT2D eigenvalue weighted by molar-refractivity contribution is -0.117. The number of amides is 1. The summed E-state index contributed by atoms with van der Waals surface area (Å²) >= 11 is 2.13. The van der Waals surface area contributed by atoms with E-state index in [0.717, 1.165) is 20.8 Å². The maximum Gasteiger partial charge on any atom is 0.221 e. The highest BCUT2D eigenvalue weighted by atomic mass is 127. The van der Waals surface area contributed by atoms with E-state index in [0.29, 0.717) is 6.54 Å². The maximum absolute atomic E-state index is 10.8. The SMILES string of the molecule is NC(=O)Cc1ccc(NCc2ccc(I)o2)cc1. The highest BCUT2D eigenvalue weighted by molar-refractivity contribution is 14.1. The number of hydrogen-bond acceptors (Lipinski definition) is 3. The second-order valence-corrected chi connectivity index (χ2v) is 4.96. The number of carbonyl (C=O) groups is 1. The van der Waals surface area contributed by atoms with E-state index in [1.807, 2.05) is 36.4 Å². The summed E-state index contributed by atoms with van der Waals surface area (Å²) in [5, 5.41) is 3.24. The molecule has 0 saturated heterocycles. The number of hydrogen-bond donors (Lipinski definition) is 2. The Labute approximate surface area is 119 Å². The molecule has 0 aliphatic heterocycles. The fourth-order valence-corrected chi connectivity index (χ4v) is 2.04. The monoisotopic (exact) mass is 356 g/mol. The molecule has 0 saturated carbocycles. The van der Waals surface area contributed by atoms with Gasteiger partial charge < -0.3 is 15.5 Å². The van der Waals surface area contributed by atoms with Crippen LogP contribution in [0.5, 0.6) is 0 Å². The lowest BCUT2D eigenvalue weighted by atomic mass is 10.1. The number of furan rings is 1. The topological polar surface area (TPSA) is 68.3 Å². The van der Waals surface area contributed by atoms with Crippen LogP contribution in [-0.2, 0) is 17.8 Å². The van der Waals surface area contributed by atoms with Crippen LogP contribution in [0.4, 0.5) is 5.69 Å². The van der Waals surface area contributed by atoms with E-state index in [-0.39, 0.29) is 12.3 Å². The number of carbonyl (C=O) groups excluding carboxylic acids is 1. The Bertz CT molecular complexity index is 534. The molecule has 0 radical (unpaired) electrons. The molecular formula is C13H13IN2O2. The first-order valence-corrected chi connectivity index (χ1v) is 6.57. The van der Waals surface area contributed by atoms with Crippen molar-refractivity contribution < 1.29 is 9.21 Å². The van der Waals surface area contributed by atoms with Crippen molar-refractivity contribution in [1.29, 1.82) is 0 Å². The molecule has 0 atom stereocenters. The van der Waals surface area contributed by atoms with E-state index in [2.05, 4.69) is 27.9 Å². The lowest BCUT2D eigenvalue weighted by Crippen LogP contribution is -2.13. The molecule has 1 aromatic carbocycles. The van der Waals surface area contributed by atoms with Gasteiger partial charge in [-0.1, -0.05) is 12.1 Å². The largest absolute Gasteiger partial charge is 0.454 e. The molecule has 1 amide bonds. The van der Waals surface area contributed by atoms with Crippen molar-refractivity contribution in [3.8, 4) is 0 Å². The molecule has 0 spiro atoms. The van der Waals surface area contributed by atoms with Gasteiger partial charge in [-0.2, -0.15) is 0 Å². The number of benzene rings is 1. The Morgan fingerprint density at radius 2 is 1.94 bits per heavy atom. The molecule has 0 fully saturated rings. The van der Waals surface area contributed by atoms with Crippen molar-refractivity contribution >= 4 is 34.2 Å². The van der Waals surface area contributed by atoms with Gasteiger partial charge in [0.2, 0.25) is 5.91 Å². The second-order valence-electron chi connectivity index (χ2n) is 3.90. The van der Waals surface area contributed by atoms with Crippen molar-refractivity contribution in [2.24, 2.45) is 5.73 Å². The van der Waals surface area contributed by atoms with Gasteiger partial charge in [0.1, 0.15) is 5.76 Å². The van der Waals surface area contributed by atoms with Gasteiger partial charge in [0.15, 0.2) is 3.77 Å². The van der Waals surface area contributed by atoms with E-state index in [1.54, 1.807) is 0 Å². The van der Waals surface area contributed by atoms with Gasteiger partial charge in [-0.05, 0) is 52.4 Å². The first-order valence-electron chi connectivity index (χ1n) is 5.49. The molecule has 18 heavy (non-hydrogen) atoms. The summed E-state index contributed by atoms with van der Waals surface area (Å²) in [6, 6.07) is 11.5. The summed E-state index contributed by atoms with van der Waals surface area (Å²) in [5.41, 5.74) is 7.03. The Balaban J connectivity index is 1.92. The van der Waals surface area contributed by atoms with Crippen molar-refractivity contribution in [2.75, 3.05) is 5.32 Å². The quantitative estimate of drug-likeness (QED) is 0.809. The second kappa shape index (κ2) is 5.90. The van der Waals surface area contributed by atoms with Crippen LogP contribution >= 0.6 is 22.6 Å². The normalized spacial score (nSPS) is 10.3. The third-order valence-corrected chi connectivity index (χ3v) is 3.01. The zero-order valence-corrected chi connectivity index (χ0v) is 11.8. The Hall–Kier alpha value is -1.50. The fraction of sp³-hybridized carbons (Fsp3) is 0.154. The summed E-state index contributed by atoms with van der Waals surface area (Å²) in [6.45, 7) is 0.637. The zero-order chi connectivity index (χ0) is 13.0. The maximum atomic E-state index is 10.8. The first kappa shape index (κ1) is 12.9. The van der Waals surface area contributed by atoms with Crippen LogP contribution in [0.25, 0.3) is 0 Å². The Morgan fingerprint density at radius 3 is 2.50 bits per heavy atom. The van der Waals surface area contributed by atoms with E-state index >= 15 is 0 Å². The lowest BCUT2D eigenvalue weighted by Gasteiger charge is -2.05. The molecule has 1 heterocycles. The average Bonchev–Trinajstić information content (AvgIpc) is 2.74. The number of anilines is 1. The molecule has 0 unspecified atom stereocenters. The van der Waals surface area contributed by atoms with Crippen LogP contribution in [0.1, 0.15) is 11.3 Å². The number of primary amides is 1. The molecule has 2 rings (SSSR count). The van der Waals surface area contributed by atoms with Crippen LogP contribution in [0, 0.1) is 3.77 Å². The van der Waals surface area contributed by atoms with Gasteiger partial charge in [-0.25, -0.2) is 0 Å². The van der Waals surface area contributed by atoms with Crippen LogP contribution in [-0.4, -0.2) is 5.91 Å². The van der Waals surface area contributed by atoms with Gasteiger partial charge in [0.25, 0.3) is 0 Å². The fourth-order valence-electron chi connectivity index (χ4n) is 1.58. The number of halogens is 1. The molecule has 0 aliphatic carbocycles. The van der Waals surface area contributed by atoms with Gasteiger partial charge in [0.05, 0.1) is 13.0 Å². The van der Waals surface area contributed by atoms with Crippen molar-refractivity contribution in [2.45, 2.75) is 13.0 Å². The Kier molecular flexibility index (Phi) is 4.24. The highest BCUT2D eigenvalue weighted by Crippen LogP contribution is 2.14. The molecule has 1 aromatic heterocycles. The van der Waals surface area contributed by atoms with E-state index < -0.39 is 0 Å². The first-order chi connectivity index (χ1) is 8.63. The van der Waals surface area contributed by atoms with Crippen molar-refractivity contribution in [3.63, 3.8) is 0 Å². The Morgan fingerprint density at radius 1 is 1.22 bits per heavy atom. The molecule has 0 aliphatic rings. The van der Waals surface area contributed by atoms with Crippen LogP contribution in [0.2, 0.25) is 0 Å². The molecule has 0 bridgehead atoms. The summed E-state index contributed by atoms with van der Waals surface area (Å²) in [6.07, 6.45) is 0.274. The minimum absolute atomic E-state index is 0.274. The highest BCUT2D eigenvalue weighted by Gasteiger charge is 2.01. The molecule has 4 nitrogen and oxygen atoms in total. The van der Waals surface area contributed by atoms with Gasteiger partial charge in [-0.15, -0.1) is 0 Å². The predicted octanol–water partition coefficient (Wildman–Crippen LogP) is 2.52. The van der Waals surface area contributed by atoms with E-state index in [1.165, 1.54) is 0 Å². The number of nitrogens with two attached hydrogens (primary N) is 1. The minimum Gasteiger partial charge on any atom is -0.454 e. The third kappa shape index (κ3) is 3.76. The van der Waals surface area contributed by atoms with E-state index in [4.69, 9.17) is 10.2 Å². The summed E-state index contributed by atoms with van der Waals surface area (Å²) in [5.74, 6) is 0.571. The minimum atomic E-state index is -0.319. The number of nitrogens with one attached hydrogen (secondary N) is 1. The van der Waals surface area contributed by atoms with Gasteiger partial charge in [-0.3, -0.25) is 4.79 Å². The average molecular weight is 356 g/mol. The number of rotatable bonds is 5.